The van der Waals surface area contributed by atoms with Gasteiger partial charge in [0.1, 0.15) is 11.4 Å². The number of hydrogen-bond acceptors (Lipinski definition) is 4. The number of aromatic amines is 1. The van der Waals surface area contributed by atoms with E-state index >= 15 is 0 Å². The molecule has 25 heavy (non-hydrogen) atoms. The molecule has 0 radical (unpaired) electrons. The predicted octanol–water partition coefficient (Wildman–Crippen LogP) is 1.59. The third kappa shape index (κ3) is 4.21. The lowest BCUT2D eigenvalue weighted by Crippen LogP contribution is -2.36. The topological polar surface area (TPSA) is 119 Å². The van der Waals surface area contributed by atoms with Crippen LogP contribution in [0.2, 0.25) is 0 Å². The maximum Gasteiger partial charge on any atom is 0.417 e. The molecule has 1 aromatic heterocycles. The van der Waals surface area contributed by atoms with Crippen LogP contribution >= 0.6 is 0 Å². The molecule has 0 saturated heterocycles. The second kappa shape index (κ2) is 7.43. The molecule has 0 unspecified atom stereocenters. The van der Waals surface area contributed by atoms with Crippen LogP contribution in [0.25, 0.3) is 10.9 Å². The van der Waals surface area contributed by atoms with E-state index in [9.17, 15) is 18.0 Å². The van der Waals surface area contributed by atoms with Crippen molar-refractivity contribution in [2.75, 3.05) is 20.2 Å². The highest BCUT2D eigenvalue weighted by atomic mass is 19.4. The van der Waals surface area contributed by atoms with Crippen LogP contribution in [-0.2, 0) is 6.18 Å². The molecule has 1 heterocycles. The number of amides is 1. The number of fused-ring (bicyclic) bond motifs is 1. The van der Waals surface area contributed by atoms with Gasteiger partial charge in [-0.1, -0.05) is 0 Å². The fourth-order valence-electron chi connectivity index (χ4n) is 2.19. The summed E-state index contributed by atoms with van der Waals surface area (Å²) in [6.07, 6.45) is -4.03. The number of aromatic nitrogens is 1. The van der Waals surface area contributed by atoms with Crippen LogP contribution in [0.1, 0.15) is 22.5 Å². The number of benzene rings is 1. The van der Waals surface area contributed by atoms with Crippen molar-refractivity contribution >= 4 is 22.8 Å². The van der Waals surface area contributed by atoms with Crippen LogP contribution in [0.15, 0.2) is 23.2 Å². The second-order valence-corrected chi connectivity index (χ2v) is 5.13. The molecule has 0 spiro atoms. The average molecular weight is 357 g/mol. The number of alkyl halides is 3. The number of guanidine groups is 1. The van der Waals surface area contributed by atoms with Gasteiger partial charge in [-0.05, 0) is 31.2 Å². The first-order valence-corrected chi connectivity index (χ1v) is 7.37. The lowest BCUT2D eigenvalue weighted by atomic mass is 10.1. The summed E-state index contributed by atoms with van der Waals surface area (Å²) >= 11 is 0. The zero-order valence-electron chi connectivity index (χ0n) is 13.4. The van der Waals surface area contributed by atoms with Crippen molar-refractivity contribution in [2.45, 2.75) is 12.6 Å². The van der Waals surface area contributed by atoms with E-state index in [1.54, 1.807) is 0 Å². The molecule has 0 aliphatic heterocycles. The summed E-state index contributed by atoms with van der Waals surface area (Å²) in [7, 11) is 1.37. The molecule has 7 nitrogen and oxygen atoms in total. The molecular weight excluding hydrogens is 339 g/mol. The molecule has 0 saturated carbocycles. The number of nitrogens with two attached hydrogens (primary N) is 2. The summed E-state index contributed by atoms with van der Waals surface area (Å²) in [5.74, 6) is -0.660. The van der Waals surface area contributed by atoms with Gasteiger partial charge in [-0.25, -0.2) is 0 Å². The minimum absolute atomic E-state index is 0.0732. The monoisotopic (exact) mass is 357 g/mol. The van der Waals surface area contributed by atoms with E-state index in [1.165, 1.54) is 13.1 Å². The van der Waals surface area contributed by atoms with E-state index in [-0.39, 0.29) is 34.9 Å². The minimum Gasteiger partial charge on any atom is -0.491 e. The first-order valence-electron chi connectivity index (χ1n) is 7.37. The SMILES string of the molecule is CN=C(N)NC(=O)c1cc2c(C(F)(F)F)ccc(OCCCN)c2[nH]1. The summed E-state index contributed by atoms with van der Waals surface area (Å²) in [5, 5.41) is 2.08. The maximum absolute atomic E-state index is 13.2. The second-order valence-electron chi connectivity index (χ2n) is 5.13. The van der Waals surface area contributed by atoms with Gasteiger partial charge in [-0.3, -0.25) is 15.1 Å². The molecule has 136 valence electrons. The number of hydrogen-bond donors (Lipinski definition) is 4. The Morgan fingerprint density at radius 1 is 1.40 bits per heavy atom. The number of rotatable bonds is 5. The van der Waals surface area contributed by atoms with Gasteiger partial charge in [0.2, 0.25) is 0 Å². The minimum atomic E-state index is -4.58. The van der Waals surface area contributed by atoms with Crippen LogP contribution < -0.4 is 21.5 Å². The highest BCUT2D eigenvalue weighted by molar-refractivity contribution is 6.07. The molecule has 1 amide bonds. The van der Waals surface area contributed by atoms with Crippen LogP contribution in [0.5, 0.6) is 5.75 Å². The Morgan fingerprint density at radius 3 is 2.72 bits per heavy atom. The number of H-pyrrole nitrogens is 1. The normalized spacial score (nSPS) is 12.4. The number of carbonyl (C=O) groups is 1. The Labute approximate surface area is 141 Å². The van der Waals surface area contributed by atoms with Crippen LogP contribution in [0, 0.1) is 0 Å². The van der Waals surface area contributed by atoms with Gasteiger partial charge in [0.15, 0.2) is 5.96 Å². The lowest BCUT2D eigenvalue weighted by Gasteiger charge is -2.11. The Balaban J connectivity index is 2.50. The smallest absolute Gasteiger partial charge is 0.417 e. The third-order valence-electron chi connectivity index (χ3n) is 3.39. The molecule has 0 aliphatic rings. The van der Waals surface area contributed by atoms with Crippen molar-refractivity contribution in [3.63, 3.8) is 0 Å². The van der Waals surface area contributed by atoms with Gasteiger partial charge in [0, 0.05) is 12.4 Å². The average Bonchev–Trinajstić information content (AvgIpc) is 2.99. The van der Waals surface area contributed by atoms with Gasteiger partial charge in [0.25, 0.3) is 5.91 Å². The van der Waals surface area contributed by atoms with Gasteiger partial charge in [-0.2, -0.15) is 13.2 Å². The zero-order chi connectivity index (χ0) is 18.6. The number of carbonyl (C=O) groups excluding carboxylic acids is 1. The molecule has 1 aromatic carbocycles. The largest absolute Gasteiger partial charge is 0.491 e. The zero-order valence-corrected chi connectivity index (χ0v) is 13.4. The lowest BCUT2D eigenvalue weighted by molar-refractivity contribution is -0.136. The van der Waals surface area contributed by atoms with Crippen molar-refractivity contribution in [2.24, 2.45) is 16.5 Å². The maximum atomic E-state index is 13.2. The highest BCUT2D eigenvalue weighted by Crippen LogP contribution is 2.38. The molecular formula is C15H18F3N5O2. The van der Waals surface area contributed by atoms with Crippen molar-refractivity contribution in [1.29, 1.82) is 0 Å². The number of ether oxygens (including phenoxy) is 1. The predicted molar refractivity (Wildman–Crippen MR) is 87.5 cm³/mol. The van der Waals surface area contributed by atoms with Crippen LogP contribution in [0.3, 0.4) is 0 Å². The fraction of sp³-hybridized carbons (Fsp3) is 0.333. The molecule has 0 atom stereocenters. The quantitative estimate of drug-likeness (QED) is 0.369. The molecule has 0 fully saturated rings. The van der Waals surface area contributed by atoms with Crippen molar-refractivity contribution in [3.8, 4) is 5.75 Å². The number of nitrogens with one attached hydrogen (secondary N) is 2. The van der Waals surface area contributed by atoms with Crippen LogP contribution in [-0.4, -0.2) is 37.1 Å². The van der Waals surface area contributed by atoms with E-state index in [0.29, 0.717) is 13.0 Å². The van der Waals surface area contributed by atoms with Crippen molar-refractivity contribution in [1.82, 2.24) is 10.3 Å². The molecule has 0 bridgehead atoms. The first-order chi connectivity index (χ1) is 11.8. The number of aliphatic imine (C=N–C) groups is 1. The molecule has 2 aromatic rings. The Hall–Kier alpha value is -2.75. The van der Waals surface area contributed by atoms with Gasteiger partial charge < -0.3 is 21.2 Å². The van der Waals surface area contributed by atoms with E-state index in [2.05, 4.69) is 15.3 Å². The summed E-state index contributed by atoms with van der Waals surface area (Å²) in [5.41, 5.74) is 9.88. The van der Waals surface area contributed by atoms with E-state index in [0.717, 1.165) is 12.1 Å². The van der Waals surface area contributed by atoms with E-state index < -0.39 is 17.6 Å². The first kappa shape index (κ1) is 18.6. The van der Waals surface area contributed by atoms with Crippen molar-refractivity contribution in [3.05, 3.63) is 29.5 Å². The summed E-state index contributed by atoms with van der Waals surface area (Å²) in [4.78, 5) is 18.3. The molecule has 10 heteroatoms. The number of halogens is 3. The fourth-order valence-corrected chi connectivity index (χ4v) is 2.19. The Morgan fingerprint density at radius 2 is 2.12 bits per heavy atom. The number of nitrogens with zero attached hydrogens (tertiary/aromatic N) is 1. The Bertz CT molecular complexity index is 798. The molecule has 2 rings (SSSR count). The van der Waals surface area contributed by atoms with E-state index in [4.69, 9.17) is 16.2 Å². The summed E-state index contributed by atoms with van der Waals surface area (Å²) in [6, 6.07) is 3.23. The van der Waals surface area contributed by atoms with Crippen LogP contribution in [0.4, 0.5) is 13.2 Å². The van der Waals surface area contributed by atoms with Crippen molar-refractivity contribution < 1.29 is 22.7 Å². The van der Waals surface area contributed by atoms with Gasteiger partial charge in [-0.15, -0.1) is 0 Å². The summed E-state index contributed by atoms with van der Waals surface area (Å²) < 4.78 is 45.1. The standard InChI is InChI=1S/C15H18F3N5O2/c1-21-14(20)23-13(24)10-7-8-9(15(16,17)18)3-4-11(12(8)22-10)25-6-2-5-19/h3-4,7,22H,2,5-6,19H2,1H3,(H3,20,21,23,24). The van der Waals surface area contributed by atoms with E-state index in [1.807, 2.05) is 0 Å². The van der Waals surface area contributed by atoms with Gasteiger partial charge in [0.05, 0.1) is 17.7 Å². The summed E-state index contributed by atoms with van der Waals surface area (Å²) in [6.45, 7) is 0.630. The Kier molecular flexibility index (Phi) is 5.52. The molecule has 6 N–H and O–H groups in total. The highest BCUT2D eigenvalue weighted by Gasteiger charge is 2.34. The third-order valence-corrected chi connectivity index (χ3v) is 3.39. The molecule has 0 aliphatic carbocycles. The van der Waals surface area contributed by atoms with Gasteiger partial charge >= 0.3 is 6.18 Å².